The number of fused-ring (bicyclic) bond motifs is 1. The molecule has 5 rings (SSSR count). The number of nitro groups is 1. The van der Waals surface area contributed by atoms with Gasteiger partial charge >= 0.3 is 0 Å². The van der Waals surface area contributed by atoms with Crippen LogP contribution in [0.15, 0.2) is 77.9 Å². The van der Waals surface area contributed by atoms with Gasteiger partial charge in [0.1, 0.15) is 13.2 Å². The smallest absolute Gasteiger partial charge is 0.269 e. The molecule has 2 heterocycles. The summed E-state index contributed by atoms with van der Waals surface area (Å²) in [4.78, 5) is 22.9. The highest BCUT2D eigenvalue weighted by molar-refractivity contribution is 5.85. The van der Waals surface area contributed by atoms with E-state index in [4.69, 9.17) is 9.47 Å². The van der Waals surface area contributed by atoms with E-state index in [0.29, 0.717) is 24.7 Å². The number of aryl methyl sites for hydroxylation is 1. The Labute approximate surface area is 219 Å². The summed E-state index contributed by atoms with van der Waals surface area (Å²) in [5.74, 6) is 1.11. The van der Waals surface area contributed by atoms with Gasteiger partial charge in [-0.05, 0) is 73.0 Å². The minimum absolute atomic E-state index is 0.0673. The fourth-order valence-electron chi connectivity index (χ4n) is 4.49. The normalized spacial score (nSPS) is 12.5. The fourth-order valence-corrected chi connectivity index (χ4v) is 4.49. The first-order chi connectivity index (χ1) is 18.4. The van der Waals surface area contributed by atoms with Gasteiger partial charge in [-0.15, -0.1) is 0 Å². The third-order valence-corrected chi connectivity index (χ3v) is 6.37. The number of hydrazone groups is 1. The summed E-state index contributed by atoms with van der Waals surface area (Å²) >= 11 is 0. The van der Waals surface area contributed by atoms with E-state index in [1.165, 1.54) is 12.1 Å². The van der Waals surface area contributed by atoms with Crippen LogP contribution in [0.5, 0.6) is 11.5 Å². The minimum Gasteiger partial charge on any atom is -0.486 e. The van der Waals surface area contributed by atoms with Gasteiger partial charge in [0.2, 0.25) is 5.91 Å². The summed E-state index contributed by atoms with van der Waals surface area (Å²) in [5, 5.41) is 15.1. The molecule has 9 heteroatoms. The number of amides is 1. The number of hydrogen-bond acceptors (Lipinski definition) is 6. The second-order valence-corrected chi connectivity index (χ2v) is 8.96. The number of benzene rings is 3. The average Bonchev–Trinajstić information content (AvgIpc) is 3.21. The van der Waals surface area contributed by atoms with Crippen LogP contribution in [0.1, 0.15) is 22.5 Å². The van der Waals surface area contributed by atoms with Gasteiger partial charge in [0.25, 0.3) is 5.69 Å². The van der Waals surface area contributed by atoms with Crippen LogP contribution in [0.3, 0.4) is 0 Å². The fraction of sp³-hybridized carbons (Fsp3) is 0.172. The van der Waals surface area contributed by atoms with E-state index in [9.17, 15) is 14.9 Å². The van der Waals surface area contributed by atoms with Crippen molar-refractivity contribution < 1.29 is 19.2 Å². The highest BCUT2D eigenvalue weighted by Gasteiger charge is 2.14. The molecule has 3 aromatic carbocycles. The van der Waals surface area contributed by atoms with Crippen molar-refractivity contribution in [2.75, 3.05) is 13.2 Å². The third-order valence-electron chi connectivity index (χ3n) is 6.37. The Morgan fingerprint density at radius 1 is 0.974 bits per heavy atom. The topological polar surface area (TPSA) is 108 Å². The van der Waals surface area contributed by atoms with E-state index < -0.39 is 4.92 Å². The lowest BCUT2D eigenvalue weighted by molar-refractivity contribution is -0.384. The van der Waals surface area contributed by atoms with Gasteiger partial charge in [-0.25, -0.2) is 5.43 Å². The molecule has 192 valence electrons. The molecule has 9 nitrogen and oxygen atoms in total. The molecule has 1 aromatic heterocycles. The van der Waals surface area contributed by atoms with Crippen LogP contribution in [0.2, 0.25) is 0 Å². The summed E-state index contributed by atoms with van der Waals surface area (Å²) in [6.45, 7) is 5.02. The van der Waals surface area contributed by atoms with Crippen LogP contribution < -0.4 is 14.9 Å². The zero-order chi connectivity index (χ0) is 26.6. The quantitative estimate of drug-likeness (QED) is 0.211. The van der Waals surface area contributed by atoms with Crippen LogP contribution in [-0.4, -0.2) is 34.8 Å². The molecule has 1 N–H and O–H groups in total. The summed E-state index contributed by atoms with van der Waals surface area (Å²) < 4.78 is 13.2. The zero-order valence-electron chi connectivity index (χ0n) is 21.0. The molecule has 0 spiro atoms. The Kier molecular flexibility index (Phi) is 6.90. The highest BCUT2D eigenvalue weighted by Crippen LogP contribution is 2.31. The number of aromatic nitrogens is 1. The van der Waals surface area contributed by atoms with Crippen LogP contribution in [0, 0.1) is 24.0 Å². The number of carbonyl (C=O) groups excluding carboxylic acids is 1. The number of nitrogens with one attached hydrogen (secondary N) is 1. The number of ether oxygens (including phenoxy) is 2. The lowest BCUT2D eigenvalue weighted by Crippen LogP contribution is -2.20. The molecular weight excluding hydrogens is 484 g/mol. The molecule has 0 atom stereocenters. The van der Waals surface area contributed by atoms with E-state index in [-0.39, 0.29) is 18.0 Å². The minimum atomic E-state index is -0.406. The van der Waals surface area contributed by atoms with Gasteiger partial charge < -0.3 is 14.0 Å². The number of rotatable bonds is 7. The standard InChI is InChI=1S/C29H26N4O5/c1-19-15-24(18-30-31-29(34)17-21-3-12-27-28(16-21)38-14-13-37-27)20(2)32(19)25-8-4-22(5-9-25)23-6-10-26(11-7-23)33(35)36/h3-12,15-16,18H,13-14,17H2,1-2H3,(H,31,34)/b30-18+. The summed E-state index contributed by atoms with van der Waals surface area (Å²) in [7, 11) is 0. The molecule has 0 unspecified atom stereocenters. The van der Waals surface area contributed by atoms with Gasteiger partial charge in [0.15, 0.2) is 11.5 Å². The maximum atomic E-state index is 12.4. The SMILES string of the molecule is Cc1cc(/C=N/NC(=O)Cc2ccc3c(c2)OCCO3)c(C)n1-c1ccc(-c2ccc([N+](=O)[O-])cc2)cc1. The van der Waals surface area contributed by atoms with Gasteiger partial charge in [-0.3, -0.25) is 14.9 Å². The predicted molar refractivity (Wildman–Crippen MR) is 144 cm³/mol. The van der Waals surface area contributed by atoms with E-state index in [2.05, 4.69) is 15.1 Å². The van der Waals surface area contributed by atoms with Crippen molar-refractivity contribution in [2.45, 2.75) is 20.3 Å². The Balaban J connectivity index is 1.24. The first kappa shape index (κ1) is 24.8. The van der Waals surface area contributed by atoms with E-state index in [0.717, 1.165) is 39.3 Å². The van der Waals surface area contributed by atoms with Gasteiger partial charge in [-0.1, -0.05) is 18.2 Å². The molecular formula is C29H26N4O5. The number of nitrogens with zero attached hydrogens (tertiary/aromatic N) is 3. The van der Waals surface area contributed by atoms with E-state index in [1.807, 2.05) is 62.4 Å². The highest BCUT2D eigenvalue weighted by atomic mass is 16.6. The number of nitro benzene ring substituents is 1. The molecule has 0 fully saturated rings. The summed E-state index contributed by atoms with van der Waals surface area (Å²) in [6.07, 6.45) is 1.82. The predicted octanol–water partition coefficient (Wildman–Crippen LogP) is 5.13. The second kappa shape index (κ2) is 10.6. The van der Waals surface area contributed by atoms with Crippen molar-refractivity contribution in [1.29, 1.82) is 0 Å². The number of hydrogen-bond donors (Lipinski definition) is 1. The van der Waals surface area contributed by atoms with Crippen molar-refractivity contribution in [1.82, 2.24) is 9.99 Å². The van der Waals surface area contributed by atoms with Gasteiger partial charge in [0, 0.05) is 34.8 Å². The lowest BCUT2D eigenvalue weighted by atomic mass is 10.0. The molecule has 0 saturated heterocycles. The Bertz CT molecular complexity index is 1520. The van der Waals surface area contributed by atoms with Crippen molar-refractivity contribution in [3.8, 4) is 28.3 Å². The third kappa shape index (κ3) is 5.27. The summed E-state index contributed by atoms with van der Waals surface area (Å²) in [6, 6.07) is 22.0. The Hall–Kier alpha value is -4.92. The van der Waals surface area contributed by atoms with Crippen molar-refractivity contribution in [3.63, 3.8) is 0 Å². The van der Waals surface area contributed by atoms with Gasteiger partial charge in [-0.2, -0.15) is 5.10 Å². The number of non-ortho nitro benzene ring substituents is 1. The lowest BCUT2D eigenvalue weighted by Gasteiger charge is -2.18. The molecule has 0 radical (unpaired) electrons. The van der Waals surface area contributed by atoms with E-state index in [1.54, 1.807) is 18.3 Å². The molecule has 1 aliphatic heterocycles. The van der Waals surface area contributed by atoms with Crippen molar-refractivity contribution in [2.24, 2.45) is 5.10 Å². The van der Waals surface area contributed by atoms with Crippen LogP contribution in [0.25, 0.3) is 16.8 Å². The first-order valence-electron chi connectivity index (χ1n) is 12.1. The number of carbonyl (C=O) groups is 1. The molecule has 0 saturated carbocycles. The molecule has 0 bridgehead atoms. The maximum absolute atomic E-state index is 12.4. The molecule has 4 aromatic rings. The monoisotopic (exact) mass is 510 g/mol. The average molecular weight is 511 g/mol. The van der Waals surface area contributed by atoms with Gasteiger partial charge in [0.05, 0.1) is 17.6 Å². The Morgan fingerprint density at radius 3 is 2.32 bits per heavy atom. The molecule has 1 amide bonds. The molecule has 38 heavy (non-hydrogen) atoms. The zero-order valence-corrected chi connectivity index (χ0v) is 21.0. The largest absolute Gasteiger partial charge is 0.486 e. The van der Waals surface area contributed by atoms with Crippen molar-refractivity contribution >= 4 is 17.8 Å². The van der Waals surface area contributed by atoms with Crippen LogP contribution in [-0.2, 0) is 11.2 Å². The van der Waals surface area contributed by atoms with Crippen LogP contribution in [0.4, 0.5) is 5.69 Å². The van der Waals surface area contributed by atoms with E-state index >= 15 is 0 Å². The maximum Gasteiger partial charge on any atom is 0.269 e. The van der Waals surface area contributed by atoms with Crippen LogP contribution >= 0.6 is 0 Å². The van der Waals surface area contributed by atoms with Crippen molar-refractivity contribution in [3.05, 3.63) is 105 Å². The summed E-state index contributed by atoms with van der Waals surface area (Å²) in [5.41, 5.74) is 9.23. The first-order valence-corrected chi connectivity index (χ1v) is 12.1. The molecule has 1 aliphatic rings. The second-order valence-electron chi connectivity index (χ2n) is 8.96. The Morgan fingerprint density at radius 2 is 1.63 bits per heavy atom. The molecule has 0 aliphatic carbocycles.